The van der Waals surface area contributed by atoms with Crippen molar-refractivity contribution in [1.29, 1.82) is 0 Å². The number of hydrogen-bond acceptors (Lipinski definition) is 5. The number of carbonyl (C=O) groups excluding carboxylic acids is 1. The lowest BCUT2D eigenvalue weighted by Gasteiger charge is -2.19. The summed E-state index contributed by atoms with van der Waals surface area (Å²) < 4.78 is 26.5. The lowest BCUT2D eigenvalue weighted by Crippen LogP contribution is -2.27. The van der Waals surface area contributed by atoms with Gasteiger partial charge < -0.3 is 4.90 Å². The summed E-state index contributed by atoms with van der Waals surface area (Å²) in [5, 5.41) is 0. The maximum Gasteiger partial charge on any atom is 0.265 e. The minimum atomic E-state index is -3.72. The van der Waals surface area contributed by atoms with Gasteiger partial charge in [0.05, 0.1) is 11.1 Å². The average molecular weight is 332 g/mol. The average Bonchev–Trinajstić information content (AvgIpc) is 2.98. The van der Waals surface area contributed by atoms with E-state index in [4.69, 9.17) is 0 Å². The fourth-order valence-electron chi connectivity index (χ4n) is 2.60. The molecule has 120 valence electrons. The van der Waals surface area contributed by atoms with Gasteiger partial charge in [0, 0.05) is 38.6 Å². The molecule has 1 aliphatic heterocycles. The first-order chi connectivity index (χ1) is 10.9. The summed E-state index contributed by atoms with van der Waals surface area (Å²) >= 11 is 0. The molecular weight excluding hydrogens is 316 g/mol. The Hall–Kier alpha value is -2.48. The van der Waals surface area contributed by atoms with Gasteiger partial charge in [0.25, 0.3) is 10.0 Å². The largest absolute Gasteiger partial charge is 0.312 e. The van der Waals surface area contributed by atoms with Crippen LogP contribution in [0.4, 0.5) is 11.5 Å². The molecule has 1 aromatic carbocycles. The van der Waals surface area contributed by atoms with E-state index in [1.54, 1.807) is 17.0 Å². The molecule has 0 bridgehead atoms. The highest BCUT2D eigenvalue weighted by molar-refractivity contribution is 7.92. The summed E-state index contributed by atoms with van der Waals surface area (Å²) in [6.07, 6.45) is 4.96. The third-order valence-electron chi connectivity index (χ3n) is 3.86. The van der Waals surface area contributed by atoms with Gasteiger partial charge in [0.15, 0.2) is 5.82 Å². The topological polar surface area (TPSA) is 83.5 Å². The van der Waals surface area contributed by atoms with Crippen LogP contribution in [0.3, 0.4) is 0 Å². The fraction of sp³-hybridized carbons (Fsp3) is 0.267. The third kappa shape index (κ3) is 2.65. The molecule has 0 fully saturated rings. The highest BCUT2D eigenvalue weighted by atomic mass is 32.2. The van der Waals surface area contributed by atoms with Gasteiger partial charge in [0.1, 0.15) is 0 Å². The molecule has 0 atom stereocenters. The minimum absolute atomic E-state index is 0.0453. The van der Waals surface area contributed by atoms with Crippen LogP contribution in [0.25, 0.3) is 0 Å². The zero-order valence-corrected chi connectivity index (χ0v) is 13.6. The molecule has 7 nitrogen and oxygen atoms in total. The van der Waals surface area contributed by atoms with Crippen molar-refractivity contribution in [2.75, 3.05) is 22.8 Å². The molecule has 0 aliphatic carbocycles. The van der Waals surface area contributed by atoms with Gasteiger partial charge in [-0.2, -0.15) is 0 Å². The number of aromatic nitrogens is 2. The Morgan fingerprint density at radius 3 is 2.74 bits per heavy atom. The Morgan fingerprint density at radius 2 is 2.09 bits per heavy atom. The SMILES string of the molecule is CC(=O)N1CCc2cc(S(=O)(=O)N(C)c3cnccn3)ccc21. The third-order valence-corrected chi connectivity index (χ3v) is 5.61. The van der Waals surface area contributed by atoms with Crippen molar-refractivity contribution in [3.63, 3.8) is 0 Å². The van der Waals surface area contributed by atoms with Crippen LogP contribution < -0.4 is 9.21 Å². The van der Waals surface area contributed by atoms with Crippen LogP contribution >= 0.6 is 0 Å². The molecule has 1 aliphatic rings. The van der Waals surface area contributed by atoms with Gasteiger partial charge in [-0.1, -0.05) is 0 Å². The first-order valence-electron chi connectivity index (χ1n) is 7.07. The van der Waals surface area contributed by atoms with Crippen LogP contribution in [0.15, 0.2) is 41.7 Å². The van der Waals surface area contributed by atoms with E-state index in [9.17, 15) is 13.2 Å². The van der Waals surface area contributed by atoms with Crippen LogP contribution in [0.5, 0.6) is 0 Å². The van der Waals surface area contributed by atoms with Crippen molar-refractivity contribution < 1.29 is 13.2 Å². The molecule has 2 heterocycles. The maximum absolute atomic E-state index is 12.7. The molecule has 0 saturated carbocycles. The number of sulfonamides is 1. The normalized spacial score (nSPS) is 13.7. The van der Waals surface area contributed by atoms with Gasteiger partial charge in [-0.25, -0.2) is 13.4 Å². The van der Waals surface area contributed by atoms with Crippen molar-refractivity contribution in [2.24, 2.45) is 0 Å². The number of rotatable bonds is 3. The Morgan fingerprint density at radius 1 is 1.30 bits per heavy atom. The molecule has 8 heteroatoms. The molecule has 3 rings (SSSR count). The van der Waals surface area contributed by atoms with E-state index in [1.165, 1.54) is 38.6 Å². The molecule has 0 radical (unpaired) electrons. The van der Waals surface area contributed by atoms with Gasteiger partial charge >= 0.3 is 0 Å². The summed E-state index contributed by atoms with van der Waals surface area (Å²) in [7, 11) is -2.29. The molecule has 1 amide bonds. The summed E-state index contributed by atoms with van der Waals surface area (Å²) in [6, 6.07) is 4.82. The van der Waals surface area contributed by atoms with Gasteiger partial charge in [-0.05, 0) is 30.2 Å². The second-order valence-electron chi connectivity index (χ2n) is 5.25. The summed E-state index contributed by atoms with van der Waals surface area (Å²) in [5.74, 6) is 0.203. The number of fused-ring (bicyclic) bond motifs is 1. The van der Waals surface area contributed by atoms with Crippen LogP contribution in [0.1, 0.15) is 12.5 Å². The number of amides is 1. The molecule has 1 aromatic heterocycles. The minimum Gasteiger partial charge on any atom is -0.312 e. The lowest BCUT2D eigenvalue weighted by atomic mass is 10.2. The number of benzene rings is 1. The fourth-order valence-corrected chi connectivity index (χ4v) is 3.79. The zero-order valence-electron chi connectivity index (χ0n) is 12.8. The predicted octanol–water partition coefficient (Wildman–Crippen LogP) is 1.21. The first kappa shape index (κ1) is 15.4. The number of nitrogens with zero attached hydrogens (tertiary/aromatic N) is 4. The summed E-state index contributed by atoms with van der Waals surface area (Å²) in [4.78, 5) is 21.3. The van der Waals surface area contributed by atoms with Crippen LogP contribution in [0, 0.1) is 0 Å². The lowest BCUT2D eigenvalue weighted by molar-refractivity contribution is -0.116. The first-order valence-corrected chi connectivity index (χ1v) is 8.51. The smallest absolute Gasteiger partial charge is 0.265 e. The van der Waals surface area contributed by atoms with Gasteiger partial charge in [-0.3, -0.25) is 14.1 Å². The quantitative estimate of drug-likeness (QED) is 0.843. The molecule has 0 saturated heterocycles. The predicted molar refractivity (Wildman–Crippen MR) is 85.8 cm³/mol. The van der Waals surface area contributed by atoms with Crippen LogP contribution in [-0.4, -0.2) is 37.9 Å². The Kier molecular flexibility index (Phi) is 3.77. The second kappa shape index (κ2) is 5.62. The Labute approximate surface area is 134 Å². The molecule has 0 unspecified atom stereocenters. The van der Waals surface area contributed by atoms with E-state index in [1.807, 2.05) is 0 Å². The van der Waals surface area contributed by atoms with Crippen molar-refractivity contribution in [2.45, 2.75) is 18.2 Å². The van der Waals surface area contributed by atoms with Crippen molar-refractivity contribution in [1.82, 2.24) is 9.97 Å². The van der Waals surface area contributed by atoms with E-state index in [-0.39, 0.29) is 16.6 Å². The van der Waals surface area contributed by atoms with E-state index in [2.05, 4.69) is 9.97 Å². The van der Waals surface area contributed by atoms with Crippen LogP contribution in [-0.2, 0) is 21.2 Å². The Bertz CT molecular complexity index is 852. The summed E-state index contributed by atoms with van der Waals surface area (Å²) in [6.45, 7) is 2.08. The van der Waals surface area contributed by atoms with Crippen LogP contribution in [0.2, 0.25) is 0 Å². The zero-order chi connectivity index (χ0) is 16.6. The number of anilines is 2. The Balaban J connectivity index is 1.98. The van der Waals surface area contributed by atoms with Gasteiger partial charge in [-0.15, -0.1) is 0 Å². The molecule has 0 N–H and O–H groups in total. The molecule has 0 spiro atoms. The standard InChI is InChI=1S/C15H16N4O3S/c1-11(20)19-8-5-12-9-13(3-4-14(12)19)23(21,22)18(2)15-10-16-6-7-17-15/h3-4,6-7,9-10H,5,8H2,1-2H3. The highest BCUT2D eigenvalue weighted by Gasteiger charge is 2.27. The van der Waals surface area contributed by atoms with E-state index in [0.717, 1.165) is 15.6 Å². The van der Waals surface area contributed by atoms with Crippen molar-refractivity contribution in [3.05, 3.63) is 42.4 Å². The van der Waals surface area contributed by atoms with Gasteiger partial charge in [0.2, 0.25) is 5.91 Å². The van der Waals surface area contributed by atoms with E-state index >= 15 is 0 Å². The van der Waals surface area contributed by atoms with E-state index in [0.29, 0.717) is 13.0 Å². The number of carbonyl (C=O) groups is 1. The van der Waals surface area contributed by atoms with E-state index < -0.39 is 10.0 Å². The monoisotopic (exact) mass is 332 g/mol. The second-order valence-corrected chi connectivity index (χ2v) is 7.22. The molecular formula is C15H16N4O3S. The number of hydrogen-bond donors (Lipinski definition) is 0. The van der Waals surface area contributed by atoms with Crippen molar-refractivity contribution in [3.8, 4) is 0 Å². The van der Waals surface area contributed by atoms with Crippen molar-refractivity contribution >= 4 is 27.4 Å². The molecule has 23 heavy (non-hydrogen) atoms. The highest BCUT2D eigenvalue weighted by Crippen LogP contribution is 2.31. The maximum atomic E-state index is 12.7. The molecule has 2 aromatic rings. The summed E-state index contributed by atoms with van der Waals surface area (Å²) in [5.41, 5.74) is 1.63.